The third-order valence-corrected chi connectivity index (χ3v) is 6.08. The summed E-state index contributed by atoms with van der Waals surface area (Å²) in [5.74, 6) is 0.760. The molecular weight excluding hydrogens is 314 g/mol. The van der Waals surface area contributed by atoms with Crippen LogP contribution < -0.4 is 5.73 Å². The lowest BCUT2D eigenvalue weighted by molar-refractivity contribution is 0.369. The summed E-state index contributed by atoms with van der Waals surface area (Å²) in [6, 6.07) is 13.5. The minimum absolute atomic E-state index is 0.221. The van der Waals surface area contributed by atoms with Crippen molar-refractivity contribution in [2.75, 3.05) is 0 Å². The third kappa shape index (κ3) is 4.98. The van der Waals surface area contributed by atoms with Crippen LogP contribution in [-0.4, -0.2) is 0 Å². The van der Waals surface area contributed by atoms with Crippen molar-refractivity contribution in [3.05, 3.63) is 60.2 Å². The summed E-state index contributed by atoms with van der Waals surface area (Å²) in [7, 11) is 0. The van der Waals surface area contributed by atoms with Gasteiger partial charge in [0.25, 0.3) is 0 Å². The van der Waals surface area contributed by atoms with Gasteiger partial charge in [-0.3, -0.25) is 0 Å². The van der Waals surface area contributed by atoms with Gasteiger partial charge in [-0.15, -0.1) is 6.58 Å². The molecule has 140 valence electrons. The van der Waals surface area contributed by atoms with Gasteiger partial charge in [0.05, 0.1) is 0 Å². The van der Waals surface area contributed by atoms with Crippen LogP contribution in [0.1, 0.15) is 81.4 Å². The average Bonchev–Trinajstić information content (AvgIpc) is 2.66. The van der Waals surface area contributed by atoms with Crippen molar-refractivity contribution >= 4 is 10.8 Å². The lowest BCUT2D eigenvalue weighted by Gasteiger charge is -2.30. The lowest BCUT2D eigenvalue weighted by atomic mass is 9.77. The Bertz CT molecular complexity index is 702. The molecule has 0 fully saturated rings. The maximum Gasteiger partial charge on any atom is 0.0300 e. The van der Waals surface area contributed by atoms with Crippen LogP contribution in [0.15, 0.2) is 49.1 Å². The van der Waals surface area contributed by atoms with E-state index in [1.807, 2.05) is 6.08 Å². The molecular formula is C25H35N. The monoisotopic (exact) mass is 349 g/mol. The zero-order chi connectivity index (χ0) is 18.2. The van der Waals surface area contributed by atoms with E-state index >= 15 is 0 Å². The van der Waals surface area contributed by atoms with Gasteiger partial charge in [-0.1, -0.05) is 87.4 Å². The van der Waals surface area contributed by atoms with Crippen molar-refractivity contribution in [2.24, 2.45) is 11.7 Å². The van der Waals surface area contributed by atoms with Crippen LogP contribution in [-0.2, 0) is 6.42 Å². The Morgan fingerprint density at radius 2 is 1.65 bits per heavy atom. The van der Waals surface area contributed by atoms with E-state index in [1.54, 1.807) is 0 Å². The number of allylic oxidation sites excluding steroid dienone is 1. The topological polar surface area (TPSA) is 26.0 Å². The zero-order valence-electron chi connectivity index (χ0n) is 16.3. The van der Waals surface area contributed by atoms with Crippen molar-refractivity contribution in [3.63, 3.8) is 0 Å². The van der Waals surface area contributed by atoms with Gasteiger partial charge in [0.2, 0.25) is 0 Å². The largest absolute Gasteiger partial charge is 0.324 e. The summed E-state index contributed by atoms with van der Waals surface area (Å²) in [5, 5.41) is 2.78. The van der Waals surface area contributed by atoms with E-state index in [0.717, 1.165) is 12.3 Å². The summed E-state index contributed by atoms with van der Waals surface area (Å²) >= 11 is 0. The predicted octanol–water partition coefficient (Wildman–Crippen LogP) is 7.10. The van der Waals surface area contributed by atoms with E-state index < -0.39 is 0 Å². The summed E-state index contributed by atoms with van der Waals surface area (Å²) in [5.41, 5.74) is 9.44. The van der Waals surface area contributed by atoms with Gasteiger partial charge in [0, 0.05) is 6.04 Å². The van der Waals surface area contributed by atoms with E-state index in [-0.39, 0.29) is 6.04 Å². The fourth-order valence-corrected chi connectivity index (χ4v) is 4.61. The van der Waals surface area contributed by atoms with E-state index in [2.05, 4.69) is 43.0 Å². The fourth-order valence-electron chi connectivity index (χ4n) is 4.61. The highest BCUT2D eigenvalue weighted by atomic mass is 14.6. The first-order chi connectivity index (χ1) is 12.8. The van der Waals surface area contributed by atoms with Crippen molar-refractivity contribution < 1.29 is 0 Å². The molecule has 2 atom stereocenters. The molecule has 1 heteroatoms. The molecule has 3 rings (SSSR count). The van der Waals surface area contributed by atoms with Crippen LogP contribution in [0.25, 0.3) is 10.8 Å². The fraction of sp³-hybridized carbons (Fsp3) is 0.520. The third-order valence-electron chi connectivity index (χ3n) is 6.08. The van der Waals surface area contributed by atoms with Gasteiger partial charge < -0.3 is 5.73 Å². The molecule has 0 bridgehead atoms. The average molecular weight is 350 g/mol. The maximum atomic E-state index is 6.53. The zero-order valence-corrected chi connectivity index (χ0v) is 16.3. The van der Waals surface area contributed by atoms with E-state index in [0.29, 0.717) is 0 Å². The maximum absolute atomic E-state index is 6.53. The van der Waals surface area contributed by atoms with Crippen LogP contribution in [0.2, 0.25) is 0 Å². The van der Waals surface area contributed by atoms with Crippen LogP contribution in [0.4, 0.5) is 0 Å². The Kier molecular flexibility index (Phi) is 7.32. The molecule has 0 radical (unpaired) electrons. The number of hydrogen-bond acceptors (Lipinski definition) is 1. The predicted molar refractivity (Wildman–Crippen MR) is 114 cm³/mol. The number of rotatable bonds is 10. The molecule has 2 aromatic rings. The van der Waals surface area contributed by atoms with Gasteiger partial charge in [-0.05, 0) is 53.5 Å². The van der Waals surface area contributed by atoms with Crippen molar-refractivity contribution in [1.82, 2.24) is 0 Å². The quantitative estimate of drug-likeness (QED) is 0.359. The van der Waals surface area contributed by atoms with Gasteiger partial charge in [0.15, 0.2) is 0 Å². The molecule has 0 aliphatic heterocycles. The summed E-state index contributed by atoms with van der Waals surface area (Å²) in [4.78, 5) is 0. The van der Waals surface area contributed by atoms with E-state index in [4.69, 9.17) is 5.73 Å². The van der Waals surface area contributed by atoms with Crippen LogP contribution in [0.3, 0.4) is 0 Å². The molecule has 1 aliphatic rings. The number of benzene rings is 2. The summed E-state index contributed by atoms with van der Waals surface area (Å²) < 4.78 is 0. The van der Waals surface area contributed by atoms with Gasteiger partial charge >= 0.3 is 0 Å². The van der Waals surface area contributed by atoms with E-state index in [9.17, 15) is 0 Å². The second-order valence-electron chi connectivity index (χ2n) is 8.11. The Balaban J connectivity index is 1.45. The molecule has 26 heavy (non-hydrogen) atoms. The van der Waals surface area contributed by atoms with Crippen LogP contribution in [0, 0.1) is 5.92 Å². The highest BCUT2D eigenvalue weighted by Gasteiger charge is 2.25. The highest BCUT2D eigenvalue weighted by molar-refractivity contribution is 5.87. The molecule has 2 aromatic carbocycles. The SMILES string of the molecule is C=CCCCCCCCCCC1Cc2c(ccc3ccccc23)C(N)C1. The molecule has 0 amide bonds. The van der Waals surface area contributed by atoms with Crippen molar-refractivity contribution in [2.45, 2.75) is 76.7 Å². The Morgan fingerprint density at radius 3 is 2.46 bits per heavy atom. The molecule has 0 saturated carbocycles. The number of fused-ring (bicyclic) bond motifs is 3. The molecule has 1 aliphatic carbocycles. The van der Waals surface area contributed by atoms with E-state index in [1.165, 1.54) is 86.1 Å². The second-order valence-corrected chi connectivity index (χ2v) is 8.11. The van der Waals surface area contributed by atoms with Crippen molar-refractivity contribution in [1.29, 1.82) is 0 Å². The van der Waals surface area contributed by atoms with Gasteiger partial charge in [-0.2, -0.15) is 0 Å². The summed E-state index contributed by atoms with van der Waals surface area (Å²) in [6.07, 6.45) is 16.5. The van der Waals surface area contributed by atoms with Crippen LogP contribution in [0.5, 0.6) is 0 Å². The Morgan fingerprint density at radius 1 is 0.923 bits per heavy atom. The molecule has 2 unspecified atom stereocenters. The number of hydrogen-bond donors (Lipinski definition) is 1. The Hall–Kier alpha value is -1.60. The van der Waals surface area contributed by atoms with Gasteiger partial charge in [-0.25, -0.2) is 0 Å². The number of unbranched alkanes of at least 4 members (excludes halogenated alkanes) is 7. The number of nitrogens with two attached hydrogens (primary N) is 1. The molecule has 0 heterocycles. The summed E-state index contributed by atoms with van der Waals surface area (Å²) in [6.45, 7) is 3.79. The second kappa shape index (κ2) is 9.92. The first-order valence-electron chi connectivity index (χ1n) is 10.7. The van der Waals surface area contributed by atoms with Crippen LogP contribution >= 0.6 is 0 Å². The van der Waals surface area contributed by atoms with Gasteiger partial charge in [0.1, 0.15) is 0 Å². The molecule has 1 nitrogen and oxygen atoms in total. The first-order valence-corrected chi connectivity index (χ1v) is 10.7. The molecule has 0 aromatic heterocycles. The minimum atomic E-state index is 0.221. The molecule has 2 N–H and O–H groups in total. The molecule has 0 spiro atoms. The normalized spacial score (nSPS) is 19.4. The smallest absolute Gasteiger partial charge is 0.0300 e. The minimum Gasteiger partial charge on any atom is -0.324 e. The highest BCUT2D eigenvalue weighted by Crippen LogP contribution is 2.38. The Labute approximate surface area is 159 Å². The standard InChI is InChI=1S/C25H35N/c1-2-3-4-5-6-7-8-9-10-13-20-18-24-22-15-12-11-14-21(22)16-17-23(24)25(26)19-20/h2,11-12,14-17,20,25H,1,3-10,13,18-19,26H2. The molecule has 0 saturated heterocycles. The lowest BCUT2D eigenvalue weighted by Crippen LogP contribution is -2.24. The van der Waals surface area contributed by atoms with Crippen molar-refractivity contribution in [3.8, 4) is 0 Å². The first kappa shape index (κ1) is 19.2.